The molecule has 0 bridgehead atoms. The summed E-state index contributed by atoms with van der Waals surface area (Å²) in [6.45, 7) is 6.22. The Morgan fingerprint density at radius 3 is 2.58 bits per heavy atom. The molecule has 2 aliphatic rings. The van der Waals surface area contributed by atoms with Crippen LogP contribution in [0.5, 0.6) is 0 Å². The predicted octanol–water partition coefficient (Wildman–Crippen LogP) is 2.53. The summed E-state index contributed by atoms with van der Waals surface area (Å²) in [5.74, 6) is 0.875. The average molecular weight is 353 g/mol. The van der Waals surface area contributed by atoms with Crippen molar-refractivity contribution in [3.63, 3.8) is 0 Å². The van der Waals surface area contributed by atoms with E-state index in [-0.39, 0.29) is 5.91 Å². The van der Waals surface area contributed by atoms with Gasteiger partial charge < -0.3 is 9.80 Å². The van der Waals surface area contributed by atoms with Gasteiger partial charge in [-0.1, -0.05) is 13.0 Å². The van der Waals surface area contributed by atoms with Crippen molar-refractivity contribution in [3.05, 3.63) is 41.9 Å². The quantitative estimate of drug-likeness (QED) is 0.848. The van der Waals surface area contributed by atoms with Crippen LogP contribution in [0, 0.1) is 0 Å². The van der Waals surface area contributed by atoms with Gasteiger partial charge in [0.1, 0.15) is 0 Å². The number of pyridine rings is 1. The first-order chi connectivity index (χ1) is 12.8. The van der Waals surface area contributed by atoms with Crippen LogP contribution in [-0.4, -0.2) is 62.7 Å². The van der Waals surface area contributed by atoms with Crippen molar-refractivity contribution in [1.82, 2.24) is 24.6 Å². The molecular weight excluding hydrogens is 326 g/mol. The number of amides is 1. The van der Waals surface area contributed by atoms with E-state index in [4.69, 9.17) is 0 Å². The number of rotatable bonds is 4. The maximum atomic E-state index is 13.1. The standard InChI is InChI=1S/C20H27N5O/c1-2-18-17(15-22-25(18)19-7-3-4-10-21-19)20(26)24-13-8-16(9-14-24)23-11-5-6-12-23/h3-4,7,10,15-16H,2,5-6,8-9,11-14H2,1H3. The third-order valence-electron chi connectivity index (χ3n) is 5.71. The van der Waals surface area contributed by atoms with Gasteiger partial charge in [0.25, 0.3) is 5.91 Å². The van der Waals surface area contributed by atoms with Gasteiger partial charge in [-0.25, -0.2) is 9.67 Å². The van der Waals surface area contributed by atoms with E-state index < -0.39 is 0 Å². The Labute approximate surface area is 154 Å². The van der Waals surface area contributed by atoms with Crippen molar-refractivity contribution in [3.8, 4) is 5.82 Å². The summed E-state index contributed by atoms with van der Waals surface area (Å²) in [7, 11) is 0. The van der Waals surface area contributed by atoms with Crippen molar-refractivity contribution in [2.45, 2.75) is 45.1 Å². The monoisotopic (exact) mass is 353 g/mol. The van der Waals surface area contributed by atoms with Gasteiger partial charge in [-0.15, -0.1) is 0 Å². The van der Waals surface area contributed by atoms with Crippen molar-refractivity contribution >= 4 is 5.91 Å². The first-order valence-corrected chi connectivity index (χ1v) is 9.79. The number of likely N-dealkylation sites (tertiary alicyclic amines) is 2. The number of carbonyl (C=O) groups excluding carboxylic acids is 1. The first kappa shape index (κ1) is 17.2. The second-order valence-corrected chi connectivity index (χ2v) is 7.22. The number of nitrogens with zero attached hydrogens (tertiary/aromatic N) is 5. The van der Waals surface area contributed by atoms with Gasteiger partial charge in [-0.3, -0.25) is 4.79 Å². The molecule has 0 spiro atoms. The highest BCUT2D eigenvalue weighted by Gasteiger charge is 2.30. The Balaban J connectivity index is 1.48. The van der Waals surface area contributed by atoms with Crippen LogP contribution in [0.15, 0.2) is 30.6 Å². The summed E-state index contributed by atoms with van der Waals surface area (Å²) in [6.07, 6.45) is 9.03. The highest BCUT2D eigenvalue weighted by molar-refractivity contribution is 5.95. The lowest BCUT2D eigenvalue weighted by atomic mass is 10.0. The second-order valence-electron chi connectivity index (χ2n) is 7.22. The predicted molar refractivity (Wildman–Crippen MR) is 100 cm³/mol. The van der Waals surface area contributed by atoms with E-state index in [1.165, 1.54) is 25.9 Å². The number of piperidine rings is 1. The van der Waals surface area contributed by atoms with Crippen molar-refractivity contribution in [2.75, 3.05) is 26.2 Å². The molecule has 6 nitrogen and oxygen atoms in total. The molecule has 2 saturated heterocycles. The minimum Gasteiger partial charge on any atom is -0.338 e. The van der Waals surface area contributed by atoms with Gasteiger partial charge in [0.15, 0.2) is 5.82 Å². The van der Waals surface area contributed by atoms with Crippen LogP contribution in [0.1, 0.15) is 48.7 Å². The Morgan fingerprint density at radius 1 is 1.15 bits per heavy atom. The lowest BCUT2D eigenvalue weighted by Crippen LogP contribution is -2.46. The van der Waals surface area contributed by atoms with Gasteiger partial charge in [-0.05, 0) is 57.3 Å². The molecule has 0 atom stereocenters. The number of hydrogen-bond donors (Lipinski definition) is 0. The van der Waals surface area contributed by atoms with Crippen LogP contribution in [0.2, 0.25) is 0 Å². The second kappa shape index (κ2) is 7.58. The first-order valence-electron chi connectivity index (χ1n) is 9.79. The molecular formula is C20H27N5O. The van der Waals surface area contributed by atoms with E-state index in [0.29, 0.717) is 6.04 Å². The Bertz CT molecular complexity index is 743. The van der Waals surface area contributed by atoms with Gasteiger partial charge in [0, 0.05) is 25.3 Å². The van der Waals surface area contributed by atoms with E-state index in [0.717, 1.165) is 49.4 Å². The highest BCUT2D eigenvalue weighted by Crippen LogP contribution is 2.23. The van der Waals surface area contributed by atoms with Crippen molar-refractivity contribution in [1.29, 1.82) is 0 Å². The van der Waals surface area contributed by atoms with Crippen LogP contribution < -0.4 is 0 Å². The molecule has 4 rings (SSSR count). The molecule has 2 aromatic heterocycles. The SMILES string of the molecule is CCc1c(C(=O)N2CCC(N3CCCC3)CC2)cnn1-c1ccccn1. The summed E-state index contributed by atoms with van der Waals surface area (Å²) in [4.78, 5) is 22.1. The molecule has 0 N–H and O–H groups in total. The molecule has 2 aromatic rings. The van der Waals surface area contributed by atoms with Crippen molar-refractivity contribution < 1.29 is 4.79 Å². The summed E-state index contributed by atoms with van der Waals surface area (Å²) >= 11 is 0. The Kier molecular flexibility index (Phi) is 5.02. The lowest BCUT2D eigenvalue weighted by molar-refractivity contribution is 0.0643. The Hall–Kier alpha value is -2.21. The molecule has 2 fully saturated rings. The maximum Gasteiger partial charge on any atom is 0.257 e. The maximum absolute atomic E-state index is 13.1. The minimum absolute atomic E-state index is 0.115. The van der Waals surface area contributed by atoms with Gasteiger partial charge in [0.2, 0.25) is 0 Å². The fourth-order valence-electron chi connectivity index (χ4n) is 4.28. The molecule has 0 aliphatic carbocycles. The summed E-state index contributed by atoms with van der Waals surface area (Å²) in [5.41, 5.74) is 1.66. The molecule has 0 unspecified atom stereocenters. The molecule has 0 aromatic carbocycles. The normalized spacial score (nSPS) is 19.2. The zero-order valence-electron chi connectivity index (χ0n) is 15.5. The van der Waals surface area contributed by atoms with E-state index in [2.05, 4.69) is 21.9 Å². The van der Waals surface area contributed by atoms with Crippen LogP contribution >= 0.6 is 0 Å². The molecule has 0 saturated carbocycles. The van der Waals surface area contributed by atoms with Crippen LogP contribution in [0.25, 0.3) is 5.82 Å². The average Bonchev–Trinajstić information content (AvgIpc) is 3.38. The molecule has 138 valence electrons. The summed E-state index contributed by atoms with van der Waals surface area (Å²) in [6, 6.07) is 6.40. The Morgan fingerprint density at radius 2 is 1.92 bits per heavy atom. The van der Waals surface area contributed by atoms with Crippen LogP contribution in [0.3, 0.4) is 0 Å². The van der Waals surface area contributed by atoms with E-state index >= 15 is 0 Å². The summed E-state index contributed by atoms with van der Waals surface area (Å²) < 4.78 is 1.80. The lowest BCUT2D eigenvalue weighted by Gasteiger charge is -2.36. The van der Waals surface area contributed by atoms with Crippen molar-refractivity contribution in [2.24, 2.45) is 0 Å². The van der Waals surface area contributed by atoms with Gasteiger partial charge in [0.05, 0.1) is 17.5 Å². The third-order valence-corrected chi connectivity index (χ3v) is 5.71. The zero-order chi connectivity index (χ0) is 17.9. The smallest absolute Gasteiger partial charge is 0.257 e. The molecule has 6 heteroatoms. The fourth-order valence-corrected chi connectivity index (χ4v) is 4.28. The molecule has 1 amide bonds. The highest BCUT2D eigenvalue weighted by atomic mass is 16.2. The van der Waals surface area contributed by atoms with Gasteiger partial charge >= 0.3 is 0 Å². The molecule has 0 radical (unpaired) electrons. The molecule has 4 heterocycles. The molecule has 2 aliphatic heterocycles. The number of hydrogen-bond acceptors (Lipinski definition) is 4. The summed E-state index contributed by atoms with van der Waals surface area (Å²) in [5, 5.41) is 4.45. The fraction of sp³-hybridized carbons (Fsp3) is 0.550. The number of aromatic nitrogens is 3. The zero-order valence-corrected chi connectivity index (χ0v) is 15.5. The minimum atomic E-state index is 0.115. The van der Waals surface area contributed by atoms with E-state index in [1.807, 2.05) is 23.1 Å². The largest absolute Gasteiger partial charge is 0.338 e. The molecule has 26 heavy (non-hydrogen) atoms. The van der Waals surface area contributed by atoms with Gasteiger partial charge in [-0.2, -0.15) is 5.10 Å². The number of carbonyl (C=O) groups is 1. The van der Waals surface area contributed by atoms with E-state index in [1.54, 1.807) is 17.1 Å². The third kappa shape index (κ3) is 3.26. The van der Waals surface area contributed by atoms with E-state index in [9.17, 15) is 4.79 Å². The van der Waals surface area contributed by atoms with Crippen LogP contribution in [-0.2, 0) is 6.42 Å². The van der Waals surface area contributed by atoms with Crippen LogP contribution in [0.4, 0.5) is 0 Å². The topological polar surface area (TPSA) is 54.3 Å².